The monoisotopic (exact) mass is 212 g/mol. The molecule has 74 valence electrons. The quantitative estimate of drug-likeness (QED) is 0.389. The van der Waals surface area contributed by atoms with Crippen molar-refractivity contribution in [1.82, 2.24) is 0 Å². The zero-order valence-corrected chi connectivity index (χ0v) is 9.60. The fourth-order valence-electron chi connectivity index (χ4n) is 0.667. The maximum absolute atomic E-state index is 5.34. The summed E-state index contributed by atoms with van der Waals surface area (Å²) in [5.74, 6) is 0.234. The van der Waals surface area contributed by atoms with E-state index in [0.29, 0.717) is 6.61 Å². The maximum Gasteiger partial charge on any atom is 0.679 e. The van der Waals surface area contributed by atoms with Crippen LogP contribution in [-0.2, 0) is 17.7 Å². The minimum absolute atomic E-state index is 0.234. The summed E-state index contributed by atoms with van der Waals surface area (Å²) in [5.41, 5.74) is 0. The molecule has 4 nitrogen and oxygen atoms in total. The van der Waals surface area contributed by atoms with E-state index in [4.69, 9.17) is 17.7 Å². The summed E-state index contributed by atoms with van der Waals surface area (Å²) in [7, 11) is 0.177. The molecule has 0 rings (SSSR count). The van der Waals surface area contributed by atoms with Gasteiger partial charge in [-0.05, 0) is 6.42 Å². The van der Waals surface area contributed by atoms with E-state index >= 15 is 0 Å². The molecule has 0 aliphatic rings. The summed E-state index contributed by atoms with van der Waals surface area (Å²) < 4.78 is 20.6. The molecule has 0 spiro atoms. The molecule has 0 radical (unpaired) electrons. The van der Waals surface area contributed by atoms with Gasteiger partial charge in [0.15, 0.2) is 0 Å². The molecule has 0 aliphatic carbocycles. The lowest BCUT2D eigenvalue weighted by Gasteiger charge is -2.23. The van der Waals surface area contributed by atoms with E-state index in [0.717, 1.165) is 6.42 Å². The standard InChI is InChI=1S/C6H16O4SSi/c1-4-5-9-12(7-2,8-3)10-6-11/h11H,4-6H2,1-3H3. The number of thiol groups is 1. The topological polar surface area (TPSA) is 36.9 Å². The van der Waals surface area contributed by atoms with Crippen LogP contribution in [0, 0.1) is 0 Å². The Labute approximate surface area is 80.0 Å². The first-order chi connectivity index (χ1) is 5.74. The minimum Gasteiger partial charge on any atom is -0.355 e. The molecule has 0 atom stereocenters. The Morgan fingerprint density at radius 3 is 2.08 bits per heavy atom. The number of rotatable bonds is 7. The third kappa shape index (κ3) is 3.88. The van der Waals surface area contributed by atoms with Crippen LogP contribution in [0.4, 0.5) is 0 Å². The highest BCUT2D eigenvalue weighted by molar-refractivity contribution is 7.80. The predicted molar refractivity (Wildman–Crippen MR) is 51.0 cm³/mol. The Balaban J connectivity index is 3.95. The summed E-state index contributed by atoms with van der Waals surface area (Å²) in [4.78, 5) is 0. The largest absolute Gasteiger partial charge is 0.679 e. The van der Waals surface area contributed by atoms with Gasteiger partial charge in [0.1, 0.15) is 0 Å². The van der Waals surface area contributed by atoms with Crippen molar-refractivity contribution >= 4 is 21.7 Å². The average molecular weight is 212 g/mol. The SMILES string of the molecule is CCCO[Si](OC)(OC)OCS. The van der Waals surface area contributed by atoms with Gasteiger partial charge in [-0.25, -0.2) is 0 Å². The molecule has 0 unspecified atom stereocenters. The van der Waals surface area contributed by atoms with Crippen molar-refractivity contribution in [3.8, 4) is 0 Å². The predicted octanol–water partition coefficient (Wildman–Crippen LogP) is 1.05. The first-order valence-corrected chi connectivity index (χ1v) is 6.00. The van der Waals surface area contributed by atoms with Crippen molar-refractivity contribution in [2.45, 2.75) is 13.3 Å². The lowest BCUT2D eigenvalue weighted by molar-refractivity contribution is 0.00272. The highest BCUT2D eigenvalue weighted by Gasteiger charge is 2.42. The summed E-state index contributed by atoms with van der Waals surface area (Å²) in [6.45, 7) is 2.58. The third-order valence-electron chi connectivity index (χ3n) is 1.22. The van der Waals surface area contributed by atoms with E-state index < -0.39 is 9.05 Å². The molecule has 0 fully saturated rings. The van der Waals surface area contributed by atoms with E-state index in [9.17, 15) is 0 Å². The van der Waals surface area contributed by atoms with Crippen molar-refractivity contribution in [2.24, 2.45) is 0 Å². The summed E-state index contributed by atoms with van der Waals surface area (Å²) >= 11 is 3.92. The second kappa shape index (κ2) is 6.87. The lowest BCUT2D eigenvalue weighted by atomic mass is 10.5. The van der Waals surface area contributed by atoms with Crippen molar-refractivity contribution in [3.05, 3.63) is 0 Å². The van der Waals surface area contributed by atoms with E-state index in [1.165, 1.54) is 14.2 Å². The summed E-state index contributed by atoms with van der Waals surface area (Å²) in [5, 5.41) is 0. The van der Waals surface area contributed by atoms with Crippen LogP contribution in [0.1, 0.15) is 13.3 Å². The Hall–Kier alpha value is 0.407. The van der Waals surface area contributed by atoms with Crippen LogP contribution in [0.3, 0.4) is 0 Å². The van der Waals surface area contributed by atoms with Crippen molar-refractivity contribution in [2.75, 3.05) is 26.8 Å². The van der Waals surface area contributed by atoms with E-state index in [1.807, 2.05) is 6.92 Å². The van der Waals surface area contributed by atoms with Crippen LogP contribution >= 0.6 is 12.6 Å². The third-order valence-corrected chi connectivity index (χ3v) is 3.65. The number of hydrogen-bond donors (Lipinski definition) is 1. The Morgan fingerprint density at radius 2 is 1.75 bits per heavy atom. The smallest absolute Gasteiger partial charge is 0.355 e. The van der Waals surface area contributed by atoms with Crippen molar-refractivity contribution in [1.29, 1.82) is 0 Å². The molecule has 0 saturated heterocycles. The lowest BCUT2D eigenvalue weighted by Crippen LogP contribution is -2.47. The fourth-order valence-corrected chi connectivity index (χ4v) is 2.47. The van der Waals surface area contributed by atoms with E-state index in [1.54, 1.807) is 0 Å². The van der Waals surface area contributed by atoms with E-state index in [2.05, 4.69) is 12.6 Å². The Kier molecular flexibility index (Phi) is 7.11. The molecule has 0 N–H and O–H groups in total. The molecule has 0 aromatic heterocycles. The van der Waals surface area contributed by atoms with Gasteiger partial charge >= 0.3 is 9.05 Å². The normalized spacial score (nSPS) is 12.0. The van der Waals surface area contributed by atoms with Crippen molar-refractivity contribution in [3.63, 3.8) is 0 Å². The van der Waals surface area contributed by atoms with Gasteiger partial charge in [0.25, 0.3) is 0 Å². The van der Waals surface area contributed by atoms with Crippen LogP contribution < -0.4 is 0 Å². The van der Waals surface area contributed by atoms with Crippen LogP contribution in [-0.4, -0.2) is 35.8 Å². The highest BCUT2D eigenvalue weighted by Crippen LogP contribution is 2.09. The van der Waals surface area contributed by atoms with Gasteiger partial charge in [-0.2, -0.15) is 12.6 Å². The molecule has 0 heterocycles. The molecule has 0 amide bonds. The van der Waals surface area contributed by atoms with Crippen LogP contribution in [0.5, 0.6) is 0 Å². The zero-order valence-electron chi connectivity index (χ0n) is 7.70. The first kappa shape index (κ1) is 12.4. The molecule has 0 aromatic rings. The average Bonchev–Trinajstić information content (AvgIpc) is 2.13. The molecular formula is C6H16O4SSi. The second-order valence-electron chi connectivity index (χ2n) is 2.03. The van der Waals surface area contributed by atoms with Gasteiger partial charge in [0.05, 0.1) is 5.94 Å². The van der Waals surface area contributed by atoms with Gasteiger partial charge in [0, 0.05) is 20.8 Å². The molecule has 0 aliphatic heterocycles. The van der Waals surface area contributed by atoms with Crippen LogP contribution in [0.15, 0.2) is 0 Å². The number of hydrogen-bond acceptors (Lipinski definition) is 5. The summed E-state index contributed by atoms with van der Waals surface area (Å²) in [6, 6.07) is 0. The highest BCUT2D eigenvalue weighted by atomic mass is 32.1. The maximum atomic E-state index is 5.34. The molecule has 0 aromatic carbocycles. The van der Waals surface area contributed by atoms with Gasteiger partial charge < -0.3 is 17.7 Å². The van der Waals surface area contributed by atoms with Gasteiger partial charge in [-0.1, -0.05) is 6.92 Å². The fraction of sp³-hybridized carbons (Fsp3) is 1.00. The molecular weight excluding hydrogens is 196 g/mol. The van der Waals surface area contributed by atoms with Gasteiger partial charge in [-0.15, -0.1) is 0 Å². The Morgan fingerprint density at radius 1 is 1.17 bits per heavy atom. The van der Waals surface area contributed by atoms with Gasteiger partial charge in [0.2, 0.25) is 0 Å². The first-order valence-electron chi connectivity index (χ1n) is 3.73. The Bertz CT molecular complexity index is 110. The second-order valence-corrected chi connectivity index (χ2v) is 4.68. The molecule has 12 heavy (non-hydrogen) atoms. The minimum atomic E-state index is -2.84. The molecule has 6 heteroatoms. The summed E-state index contributed by atoms with van der Waals surface area (Å²) in [6.07, 6.45) is 0.900. The van der Waals surface area contributed by atoms with Crippen LogP contribution in [0.2, 0.25) is 0 Å². The molecule has 0 bridgehead atoms. The zero-order chi connectivity index (χ0) is 9.45. The van der Waals surface area contributed by atoms with Crippen molar-refractivity contribution < 1.29 is 17.7 Å². The molecule has 0 saturated carbocycles. The van der Waals surface area contributed by atoms with Gasteiger partial charge in [-0.3, -0.25) is 0 Å². The van der Waals surface area contributed by atoms with E-state index in [-0.39, 0.29) is 5.94 Å². The van der Waals surface area contributed by atoms with Crippen LogP contribution in [0.25, 0.3) is 0 Å².